The summed E-state index contributed by atoms with van der Waals surface area (Å²) < 4.78 is 0. The first-order valence-electron chi connectivity index (χ1n) is 8.36. The zero-order chi connectivity index (χ0) is 15.7. The van der Waals surface area contributed by atoms with E-state index in [1.807, 2.05) is 17.0 Å². The second kappa shape index (κ2) is 4.37. The van der Waals surface area contributed by atoms with Gasteiger partial charge in [0.25, 0.3) is 0 Å². The van der Waals surface area contributed by atoms with E-state index in [1.165, 1.54) is 10.9 Å². The quantitative estimate of drug-likeness (QED) is 0.807. The van der Waals surface area contributed by atoms with Gasteiger partial charge in [0.1, 0.15) is 12.1 Å². The molecule has 5 rings (SSSR count). The van der Waals surface area contributed by atoms with Crippen molar-refractivity contribution in [1.29, 1.82) is 0 Å². The lowest BCUT2D eigenvalue weighted by atomic mass is 9.92. The maximum absolute atomic E-state index is 13.0. The molecule has 5 heteroatoms. The predicted molar refractivity (Wildman–Crippen MR) is 85.7 cm³/mol. The normalized spacial score (nSPS) is 29.7. The molecule has 0 radical (unpaired) electrons. The van der Waals surface area contributed by atoms with Gasteiger partial charge in [-0.2, -0.15) is 0 Å². The molecule has 0 bridgehead atoms. The molecule has 2 fully saturated rings. The maximum Gasteiger partial charge on any atom is 0.246 e. The fourth-order valence-electron chi connectivity index (χ4n) is 4.62. The molecular formula is C18H19N3O2. The highest BCUT2D eigenvalue weighted by atomic mass is 16.2. The standard InChI is InChI=1S/C18H19N3O2/c1-10-6-7-15-17(22)20-9-14-12(8-16(20)18(23)21(10)15)11-4-2-3-5-13(11)19-14/h2-5,10,15-16,19H,6-9H2,1H3/t10-,15-,16-/m0/s1. The third-order valence-corrected chi connectivity index (χ3v) is 5.78. The van der Waals surface area contributed by atoms with Crippen molar-refractivity contribution in [2.24, 2.45) is 0 Å². The number of aromatic amines is 1. The van der Waals surface area contributed by atoms with Crippen molar-refractivity contribution in [1.82, 2.24) is 14.8 Å². The van der Waals surface area contributed by atoms with Crippen LogP contribution in [0.2, 0.25) is 0 Å². The van der Waals surface area contributed by atoms with E-state index in [2.05, 4.69) is 24.0 Å². The average molecular weight is 309 g/mol. The summed E-state index contributed by atoms with van der Waals surface area (Å²) in [6.45, 7) is 2.58. The lowest BCUT2D eigenvalue weighted by Gasteiger charge is -2.45. The van der Waals surface area contributed by atoms with E-state index >= 15 is 0 Å². The van der Waals surface area contributed by atoms with Crippen LogP contribution in [0.1, 0.15) is 31.0 Å². The summed E-state index contributed by atoms with van der Waals surface area (Å²) in [5.74, 6) is 0.263. The highest BCUT2D eigenvalue weighted by molar-refractivity contribution is 5.99. The smallest absolute Gasteiger partial charge is 0.246 e. The molecule has 2 saturated heterocycles. The summed E-state index contributed by atoms with van der Waals surface area (Å²) in [5.41, 5.74) is 3.38. The van der Waals surface area contributed by atoms with E-state index in [0.29, 0.717) is 13.0 Å². The summed E-state index contributed by atoms with van der Waals surface area (Å²) in [5, 5.41) is 1.18. The van der Waals surface area contributed by atoms with Gasteiger partial charge < -0.3 is 14.8 Å². The number of amides is 2. The number of para-hydroxylation sites is 1. The Balaban J connectivity index is 1.61. The number of nitrogens with zero attached hydrogens (tertiary/aromatic N) is 2. The minimum Gasteiger partial charge on any atom is -0.357 e. The van der Waals surface area contributed by atoms with Crippen molar-refractivity contribution in [2.45, 2.75) is 50.9 Å². The van der Waals surface area contributed by atoms with Crippen LogP contribution in [0.4, 0.5) is 0 Å². The van der Waals surface area contributed by atoms with Gasteiger partial charge >= 0.3 is 0 Å². The number of nitrogens with one attached hydrogen (secondary N) is 1. The first-order valence-corrected chi connectivity index (χ1v) is 8.36. The highest BCUT2D eigenvalue weighted by Crippen LogP contribution is 2.37. The average Bonchev–Trinajstić information content (AvgIpc) is 3.12. The molecule has 2 aromatic rings. The zero-order valence-corrected chi connectivity index (χ0v) is 13.1. The van der Waals surface area contributed by atoms with Crippen LogP contribution in [0, 0.1) is 0 Å². The van der Waals surface area contributed by atoms with Crippen molar-refractivity contribution < 1.29 is 9.59 Å². The van der Waals surface area contributed by atoms with Crippen molar-refractivity contribution in [3.63, 3.8) is 0 Å². The molecule has 1 aromatic carbocycles. The van der Waals surface area contributed by atoms with E-state index in [0.717, 1.165) is 24.1 Å². The summed E-state index contributed by atoms with van der Waals surface area (Å²) in [7, 11) is 0. The Hall–Kier alpha value is -2.30. The number of hydrogen-bond acceptors (Lipinski definition) is 2. The minimum absolute atomic E-state index is 0.128. The first kappa shape index (κ1) is 13.2. The van der Waals surface area contributed by atoms with Gasteiger partial charge in [-0.25, -0.2) is 0 Å². The highest BCUT2D eigenvalue weighted by Gasteiger charge is 2.51. The van der Waals surface area contributed by atoms with Gasteiger partial charge in [0, 0.05) is 29.1 Å². The van der Waals surface area contributed by atoms with E-state index in [-0.39, 0.29) is 29.9 Å². The Kier molecular flexibility index (Phi) is 2.50. The van der Waals surface area contributed by atoms with Gasteiger partial charge in [-0.05, 0) is 31.4 Å². The van der Waals surface area contributed by atoms with Crippen LogP contribution in [0.25, 0.3) is 10.9 Å². The summed E-state index contributed by atoms with van der Waals surface area (Å²) in [4.78, 5) is 33.0. The Bertz CT molecular complexity index is 840. The van der Waals surface area contributed by atoms with E-state index < -0.39 is 0 Å². The second-order valence-electron chi connectivity index (χ2n) is 7.00. The van der Waals surface area contributed by atoms with Gasteiger partial charge in [-0.1, -0.05) is 18.2 Å². The van der Waals surface area contributed by atoms with Crippen LogP contribution in [0.15, 0.2) is 24.3 Å². The molecule has 0 saturated carbocycles. The van der Waals surface area contributed by atoms with E-state index in [4.69, 9.17) is 0 Å². The number of carbonyl (C=O) groups is 2. The summed E-state index contributed by atoms with van der Waals surface area (Å²) in [6.07, 6.45) is 2.35. The number of hydrogen-bond donors (Lipinski definition) is 1. The molecular weight excluding hydrogens is 290 g/mol. The number of H-pyrrole nitrogens is 1. The minimum atomic E-state index is -0.328. The topological polar surface area (TPSA) is 56.4 Å². The molecule has 2 amide bonds. The maximum atomic E-state index is 13.0. The van der Waals surface area contributed by atoms with Crippen LogP contribution < -0.4 is 0 Å². The van der Waals surface area contributed by atoms with Crippen LogP contribution in [-0.2, 0) is 22.6 Å². The van der Waals surface area contributed by atoms with E-state index in [1.54, 1.807) is 4.90 Å². The third-order valence-electron chi connectivity index (χ3n) is 5.78. The zero-order valence-electron chi connectivity index (χ0n) is 13.1. The first-order chi connectivity index (χ1) is 11.1. The van der Waals surface area contributed by atoms with Crippen molar-refractivity contribution in [3.05, 3.63) is 35.5 Å². The van der Waals surface area contributed by atoms with Crippen molar-refractivity contribution >= 4 is 22.7 Å². The number of piperazine rings is 1. The Morgan fingerprint density at radius 3 is 2.78 bits per heavy atom. The second-order valence-corrected chi connectivity index (χ2v) is 7.00. The van der Waals surface area contributed by atoms with Crippen LogP contribution >= 0.6 is 0 Å². The lowest BCUT2D eigenvalue weighted by molar-refractivity contribution is -0.162. The Labute approximate surface area is 134 Å². The molecule has 3 aliphatic rings. The molecule has 5 nitrogen and oxygen atoms in total. The Morgan fingerprint density at radius 2 is 1.91 bits per heavy atom. The summed E-state index contributed by atoms with van der Waals surface area (Å²) in [6, 6.07) is 7.79. The number of carbonyl (C=O) groups excluding carboxylic acids is 2. The molecule has 4 heterocycles. The van der Waals surface area contributed by atoms with Gasteiger partial charge in [0.15, 0.2) is 0 Å². The molecule has 0 aliphatic carbocycles. The van der Waals surface area contributed by atoms with Gasteiger partial charge in [-0.15, -0.1) is 0 Å². The molecule has 0 spiro atoms. The molecule has 3 atom stereocenters. The lowest BCUT2D eigenvalue weighted by Crippen LogP contribution is -2.65. The van der Waals surface area contributed by atoms with Crippen LogP contribution in [0.3, 0.4) is 0 Å². The SMILES string of the molecule is C[C@H]1CC[C@H]2C(=O)N3Cc4[nH]c5ccccc5c4C[C@H]3C(=O)N12. The van der Waals surface area contributed by atoms with Gasteiger partial charge in [-0.3, -0.25) is 9.59 Å². The van der Waals surface area contributed by atoms with E-state index in [9.17, 15) is 9.59 Å². The van der Waals surface area contributed by atoms with Gasteiger partial charge in [0.05, 0.1) is 6.54 Å². The largest absolute Gasteiger partial charge is 0.357 e. The monoisotopic (exact) mass is 309 g/mol. The fourth-order valence-corrected chi connectivity index (χ4v) is 4.62. The molecule has 3 aliphatic heterocycles. The summed E-state index contributed by atoms with van der Waals surface area (Å²) >= 11 is 0. The number of aromatic nitrogens is 1. The Morgan fingerprint density at radius 1 is 1.09 bits per heavy atom. The molecule has 1 aromatic heterocycles. The predicted octanol–water partition coefficient (Wildman–Crippen LogP) is 1.81. The third kappa shape index (κ3) is 1.62. The number of rotatable bonds is 0. The van der Waals surface area contributed by atoms with Crippen LogP contribution in [0.5, 0.6) is 0 Å². The molecule has 0 unspecified atom stereocenters. The molecule has 118 valence electrons. The van der Waals surface area contributed by atoms with Crippen molar-refractivity contribution in [2.75, 3.05) is 0 Å². The number of fused-ring (bicyclic) bond motifs is 5. The van der Waals surface area contributed by atoms with Crippen LogP contribution in [-0.4, -0.2) is 44.7 Å². The van der Waals surface area contributed by atoms with Gasteiger partial charge in [0.2, 0.25) is 11.8 Å². The van der Waals surface area contributed by atoms with Crippen molar-refractivity contribution in [3.8, 4) is 0 Å². The molecule has 23 heavy (non-hydrogen) atoms. The fraction of sp³-hybridized carbons (Fsp3) is 0.444. The number of benzene rings is 1. The molecule has 1 N–H and O–H groups in total.